The number of non-ortho nitro benzene ring substituents is 1. The molecule has 1 fully saturated rings. The van der Waals surface area contributed by atoms with Crippen molar-refractivity contribution in [3.63, 3.8) is 0 Å². The maximum absolute atomic E-state index is 11.9. The van der Waals surface area contributed by atoms with E-state index in [0.717, 1.165) is 12.8 Å². The van der Waals surface area contributed by atoms with E-state index in [1.165, 1.54) is 24.3 Å². The fourth-order valence-corrected chi connectivity index (χ4v) is 3.08. The first-order chi connectivity index (χ1) is 9.37. The summed E-state index contributed by atoms with van der Waals surface area (Å²) >= 11 is 0. The first-order valence-electron chi connectivity index (χ1n) is 6.33. The largest absolute Gasteiger partial charge is 0.326 e. The number of sulfonamides is 1. The van der Waals surface area contributed by atoms with E-state index in [0.29, 0.717) is 11.5 Å². The first-order valence-corrected chi connectivity index (χ1v) is 7.99. The Morgan fingerprint density at radius 1 is 1.35 bits per heavy atom. The molecule has 0 amide bonds. The zero-order valence-electron chi connectivity index (χ0n) is 10.9. The van der Waals surface area contributed by atoms with Gasteiger partial charge in [-0.2, -0.15) is 0 Å². The van der Waals surface area contributed by atoms with E-state index in [1.807, 2.05) is 0 Å². The molecule has 3 N–H and O–H groups in total. The molecule has 1 atom stereocenters. The van der Waals surface area contributed by atoms with Gasteiger partial charge < -0.3 is 5.73 Å². The van der Waals surface area contributed by atoms with Crippen molar-refractivity contribution >= 4 is 15.7 Å². The molecule has 0 saturated heterocycles. The van der Waals surface area contributed by atoms with Gasteiger partial charge in [-0.3, -0.25) is 10.1 Å². The Morgan fingerprint density at radius 2 is 1.95 bits per heavy atom. The minimum Gasteiger partial charge on any atom is -0.326 e. The lowest BCUT2D eigenvalue weighted by Gasteiger charge is -2.12. The van der Waals surface area contributed by atoms with E-state index in [1.54, 1.807) is 0 Å². The number of hydrogen-bond donors (Lipinski definition) is 2. The van der Waals surface area contributed by atoms with Crippen LogP contribution in [-0.2, 0) is 15.8 Å². The lowest BCUT2D eigenvalue weighted by molar-refractivity contribution is -0.384. The molecule has 2 rings (SSSR count). The summed E-state index contributed by atoms with van der Waals surface area (Å²) in [5, 5.41) is 10.5. The molecule has 1 saturated carbocycles. The second-order valence-electron chi connectivity index (χ2n) is 5.03. The van der Waals surface area contributed by atoms with Gasteiger partial charge in [-0.15, -0.1) is 0 Å². The molecule has 1 aromatic carbocycles. The van der Waals surface area contributed by atoms with Gasteiger partial charge >= 0.3 is 0 Å². The molecular formula is C12H17N3O4S. The van der Waals surface area contributed by atoms with Crippen molar-refractivity contribution in [2.75, 3.05) is 6.54 Å². The lowest BCUT2D eigenvalue weighted by atomic mass is 10.2. The van der Waals surface area contributed by atoms with E-state index in [9.17, 15) is 18.5 Å². The average Bonchev–Trinajstić information content (AvgIpc) is 3.20. The van der Waals surface area contributed by atoms with E-state index in [4.69, 9.17) is 5.73 Å². The zero-order valence-corrected chi connectivity index (χ0v) is 11.7. The summed E-state index contributed by atoms with van der Waals surface area (Å²) in [7, 11) is -3.47. The highest BCUT2D eigenvalue weighted by molar-refractivity contribution is 7.88. The van der Waals surface area contributed by atoms with Crippen LogP contribution >= 0.6 is 0 Å². The molecule has 20 heavy (non-hydrogen) atoms. The van der Waals surface area contributed by atoms with Crippen LogP contribution in [0.4, 0.5) is 5.69 Å². The van der Waals surface area contributed by atoms with Crippen molar-refractivity contribution in [1.82, 2.24) is 4.72 Å². The van der Waals surface area contributed by atoms with Crippen LogP contribution in [0.3, 0.4) is 0 Å². The van der Waals surface area contributed by atoms with Crippen molar-refractivity contribution < 1.29 is 13.3 Å². The summed E-state index contributed by atoms with van der Waals surface area (Å²) in [5.74, 6) is 0.222. The van der Waals surface area contributed by atoms with Gasteiger partial charge in [0.05, 0.1) is 10.7 Å². The third kappa shape index (κ3) is 4.26. The second-order valence-corrected chi connectivity index (χ2v) is 6.84. The number of nitrogens with one attached hydrogen (secondary N) is 1. The molecule has 0 bridgehead atoms. The van der Waals surface area contributed by atoms with Crippen LogP contribution in [0.1, 0.15) is 18.4 Å². The molecule has 110 valence electrons. The predicted molar refractivity (Wildman–Crippen MR) is 74.4 cm³/mol. The molecular weight excluding hydrogens is 282 g/mol. The molecule has 0 aliphatic heterocycles. The fraction of sp³-hybridized carbons (Fsp3) is 0.500. The molecule has 1 aliphatic carbocycles. The standard InChI is InChI=1S/C12H17N3O4S/c13-12(10-3-4-10)7-14-20(18,19)8-9-1-5-11(6-2-9)15(16)17/h1-2,5-6,10,12,14H,3-4,7-8,13H2. The second kappa shape index (κ2) is 5.86. The summed E-state index contributed by atoms with van der Waals surface area (Å²) < 4.78 is 26.2. The topological polar surface area (TPSA) is 115 Å². The SMILES string of the molecule is NC(CNS(=O)(=O)Cc1ccc([N+](=O)[O-])cc1)C1CC1. The molecule has 8 heteroatoms. The maximum Gasteiger partial charge on any atom is 0.269 e. The highest BCUT2D eigenvalue weighted by atomic mass is 32.2. The van der Waals surface area contributed by atoms with Crippen molar-refractivity contribution in [1.29, 1.82) is 0 Å². The Balaban J connectivity index is 1.91. The predicted octanol–water partition coefficient (Wildman–Crippen LogP) is 0.752. The molecule has 1 unspecified atom stereocenters. The number of nitrogens with two attached hydrogens (primary N) is 1. The number of hydrogen-bond acceptors (Lipinski definition) is 5. The van der Waals surface area contributed by atoms with Gasteiger partial charge in [0.1, 0.15) is 0 Å². The molecule has 1 aliphatic rings. The maximum atomic E-state index is 11.9. The third-order valence-corrected chi connectivity index (χ3v) is 4.59. The summed E-state index contributed by atoms with van der Waals surface area (Å²) in [5.41, 5.74) is 6.27. The Hall–Kier alpha value is -1.51. The third-order valence-electron chi connectivity index (χ3n) is 3.27. The number of nitro benzene ring substituents is 1. The van der Waals surface area contributed by atoms with Crippen molar-refractivity contribution in [2.24, 2.45) is 11.7 Å². The average molecular weight is 299 g/mol. The minimum atomic E-state index is -3.47. The molecule has 0 aromatic heterocycles. The van der Waals surface area contributed by atoms with Gasteiger partial charge in [0, 0.05) is 24.7 Å². The summed E-state index contributed by atoms with van der Waals surface area (Å²) in [6.45, 7) is 0.236. The van der Waals surface area contributed by atoms with Gasteiger partial charge in [0.25, 0.3) is 5.69 Å². The fourth-order valence-electron chi connectivity index (χ4n) is 1.90. The molecule has 0 heterocycles. The zero-order chi connectivity index (χ0) is 14.8. The Labute approximate surface area is 117 Å². The lowest BCUT2D eigenvalue weighted by Crippen LogP contribution is -2.39. The smallest absolute Gasteiger partial charge is 0.269 e. The van der Waals surface area contributed by atoms with Crippen molar-refractivity contribution in [3.8, 4) is 0 Å². The van der Waals surface area contributed by atoms with Crippen LogP contribution in [0.15, 0.2) is 24.3 Å². The Morgan fingerprint density at radius 3 is 2.45 bits per heavy atom. The Bertz CT molecular complexity index is 581. The highest BCUT2D eigenvalue weighted by Gasteiger charge is 2.29. The van der Waals surface area contributed by atoms with Crippen LogP contribution in [0, 0.1) is 16.0 Å². The summed E-state index contributed by atoms with van der Waals surface area (Å²) in [6, 6.07) is 5.33. The van der Waals surface area contributed by atoms with E-state index >= 15 is 0 Å². The van der Waals surface area contributed by atoms with Gasteiger partial charge in [-0.1, -0.05) is 12.1 Å². The number of nitrogens with zero attached hydrogens (tertiary/aromatic N) is 1. The normalized spacial score (nSPS) is 16.9. The van der Waals surface area contributed by atoms with E-state index in [-0.39, 0.29) is 24.0 Å². The number of rotatable bonds is 7. The monoisotopic (exact) mass is 299 g/mol. The minimum absolute atomic E-state index is 0.0603. The quantitative estimate of drug-likeness (QED) is 0.569. The molecule has 0 spiro atoms. The van der Waals surface area contributed by atoms with Gasteiger partial charge in [-0.25, -0.2) is 13.1 Å². The van der Waals surface area contributed by atoms with Gasteiger partial charge in [0.15, 0.2) is 0 Å². The van der Waals surface area contributed by atoms with Gasteiger partial charge in [0.2, 0.25) is 10.0 Å². The molecule has 7 nitrogen and oxygen atoms in total. The summed E-state index contributed by atoms with van der Waals surface area (Å²) in [6.07, 6.45) is 2.12. The van der Waals surface area contributed by atoms with Crippen LogP contribution in [0.5, 0.6) is 0 Å². The molecule has 1 aromatic rings. The van der Waals surface area contributed by atoms with Crippen molar-refractivity contribution in [2.45, 2.75) is 24.6 Å². The van der Waals surface area contributed by atoms with Crippen LogP contribution in [-0.4, -0.2) is 25.9 Å². The van der Waals surface area contributed by atoms with Crippen molar-refractivity contribution in [3.05, 3.63) is 39.9 Å². The van der Waals surface area contributed by atoms with E-state index in [2.05, 4.69) is 4.72 Å². The molecule has 0 radical (unpaired) electrons. The first kappa shape index (κ1) is 14.9. The Kier molecular flexibility index (Phi) is 4.36. The number of nitro groups is 1. The van der Waals surface area contributed by atoms with Crippen LogP contribution in [0.25, 0.3) is 0 Å². The van der Waals surface area contributed by atoms with Crippen LogP contribution in [0.2, 0.25) is 0 Å². The summed E-state index contributed by atoms with van der Waals surface area (Å²) in [4.78, 5) is 9.98. The number of benzene rings is 1. The van der Waals surface area contributed by atoms with E-state index < -0.39 is 14.9 Å². The van der Waals surface area contributed by atoms with Crippen LogP contribution < -0.4 is 10.5 Å². The highest BCUT2D eigenvalue weighted by Crippen LogP contribution is 2.31. The van der Waals surface area contributed by atoms with Gasteiger partial charge in [-0.05, 0) is 24.3 Å².